The van der Waals surface area contributed by atoms with Crippen LogP contribution in [0.25, 0.3) is 0 Å². The van der Waals surface area contributed by atoms with Crippen LogP contribution in [0.3, 0.4) is 0 Å². The third-order valence-electron chi connectivity index (χ3n) is 1.56. The molecule has 3 N–H and O–H groups in total. The van der Waals surface area contributed by atoms with E-state index in [2.05, 4.69) is 22.6 Å². The molecule has 3 atom stereocenters. The van der Waals surface area contributed by atoms with Crippen molar-refractivity contribution in [1.82, 2.24) is 0 Å². The van der Waals surface area contributed by atoms with Crippen molar-refractivity contribution in [3.63, 3.8) is 0 Å². The first-order chi connectivity index (χ1) is 7.79. The summed E-state index contributed by atoms with van der Waals surface area (Å²) in [6.07, 6.45) is -5.34. The van der Waals surface area contributed by atoms with E-state index in [0.717, 1.165) is 6.08 Å². The third-order valence-corrected chi connectivity index (χ3v) is 1.56. The molecule has 0 aromatic carbocycles. The lowest BCUT2D eigenvalue weighted by molar-refractivity contribution is -0.234. The molecule has 0 aliphatic carbocycles. The first-order valence-electron chi connectivity index (χ1n) is 4.53. The summed E-state index contributed by atoms with van der Waals surface area (Å²) in [4.78, 5) is 21.6. The Labute approximate surface area is 97.6 Å². The number of aliphatic hydroxyl groups is 3. The standard InChI is InChI=1S/C10H14O7/c1-4-6(11)16-9(14)7(12)10(15)17-8(13)5(2)3/h4,7,9-10,12,14-15H,1-2H2,3H3. The second-order valence-corrected chi connectivity index (χ2v) is 3.10. The predicted octanol–water partition coefficient (Wildman–Crippen LogP) is -1.17. The van der Waals surface area contributed by atoms with Crippen molar-refractivity contribution in [3.05, 3.63) is 24.8 Å². The molecule has 0 aromatic rings. The van der Waals surface area contributed by atoms with Crippen LogP contribution >= 0.6 is 0 Å². The maximum atomic E-state index is 11.0. The van der Waals surface area contributed by atoms with Crippen LogP contribution in [0.15, 0.2) is 24.8 Å². The highest BCUT2D eigenvalue weighted by Crippen LogP contribution is 2.06. The van der Waals surface area contributed by atoms with Gasteiger partial charge in [0.15, 0.2) is 6.10 Å². The molecule has 7 nitrogen and oxygen atoms in total. The lowest BCUT2D eigenvalue weighted by Gasteiger charge is -2.21. The monoisotopic (exact) mass is 246 g/mol. The molecule has 0 rings (SSSR count). The molecule has 17 heavy (non-hydrogen) atoms. The van der Waals surface area contributed by atoms with E-state index in [4.69, 9.17) is 5.11 Å². The highest BCUT2D eigenvalue weighted by atomic mass is 16.7. The van der Waals surface area contributed by atoms with Crippen molar-refractivity contribution in [2.75, 3.05) is 0 Å². The zero-order chi connectivity index (χ0) is 13.6. The van der Waals surface area contributed by atoms with Crippen molar-refractivity contribution in [2.24, 2.45) is 0 Å². The topological polar surface area (TPSA) is 113 Å². The average molecular weight is 246 g/mol. The Bertz CT molecular complexity index is 323. The molecule has 0 amide bonds. The van der Waals surface area contributed by atoms with Crippen LogP contribution in [-0.2, 0) is 19.1 Å². The summed E-state index contributed by atoms with van der Waals surface area (Å²) in [7, 11) is 0. The molecule has 0 bridgehead atoms. The molecule has 0 aliphatic heterocycles. The fourth-order valence-electron chi connectivity index (χ4n) is 0.658. The van der Waals surface area contributed by atoms with E-state index in [-0.39, 0.29) is 5.57 Å². The minimum atomic E-state index is -2.05. The first-order valence-corrected chi connectivity index (χ1v) is 4.53. The van der Waals surface area contributed by atoms with Crippen LogP contribution in [-0.4, -0.2) is 45.9 Å². The largest absolute Gasteiger partial charge is 0.430 e. The summed E-state index contributed by atoms with van der Waals surface area (Å²) < 4.78 is 8.50. The molecule has 7 heteroatoms. The summed E-state index contributed by atoms with van der Waals surface area (Å²) >= 11 is 0. The van der Waals surface area contributed by atoms with Crippen molar-refractivity contribution >= 4 is 11.9 Å². The number of ether oxygens (including phenoxy) is 2. The van der Waals surface area contributed by atoms with Crippen LogP contribution in [0.5, 0.6) is 0 Å². The van der Waals surface area contributed by atoms with Gasteiger partial charge in [0.1, 0.15) is 0 Å². The van der Waals surface area contributed by atoms with Gasteiger partial charge in [-0.1, -0.05) is 13.2 Å². The van der Waals surface area contributed by atoms with Crippen LogP contribution < -0.4 is 0 Å². The van der Waals surface area contributed by atoms with Crippen LogP contribution in [0.4, 0.5) is 0 Å². The summed E-state index contributed by atoms with van der Waals surface area (Å²) in [5.41, 5.74) is -0.00572. The molecule has 0 spiro atoms. The Kier molecular flexibility index (Phi) is 6.11. The zero-order valence-electron chi connectivity index (χ0n) is 9.20. The van der Waals surface area contributed by atoms with E-state index in [9.17, 15) is 19.8 Å². The molecule has 0 saturated heterocycles. The minimum Gasteiger partial charge on any atom is -0.430 e. The fourth-order valence-corrected chi connectivity index (χ4v) is 0.658. The lowest BCUT2D eigenvalue weighted by Crippen LogP contribution is -2.42. The van der Waals surface area contributed by atoms with Crippen molar-refractivity contribution in [2.45, 2.75) is 25.6 Å². The molecule has 0 aliphatic rings. The molecule has 0 fully saturated rings. The van der Waals surface area contributed by atoms with Crippen molar-refractivity contribution in [1.29, 1.82) is 0 Å². The molecule has 3 unspecified atom stereocenters. The lowest BCUT2D eigenvalue weighted by atomic mass is 10.3. The van der Waals surface area contributed by atoms with Crippen molar-refractivity contribution < 1.29 is 34.4 Å². The quantitative estimate of drug-likeness (QED) is 0.307. The second-order valence-electron chi connectivity index (χ2n) is 3.10. The summed E-state index contributed by atoms with van der Waals surface area (Å²) in [5.74, 6) is -1.96. The predicted molar refractivity (Wildman–Crippen MR) is 55.2 cm³/mol. The number of hydrogen-bond donors (Lipinski definition) is 3. The van der Waals surface area contributed by atoms with E-state index < -0.39 is 30.6 Å². The van der Waals surface area contributed by atoms with Crippen molar-refractivity contribution in [3.8, 4) is 0 Å². The normalized spacial score (nSPS) is 15.3. The van der Waals surface area contributed by atoms with E-state index in [1.54, 1.807) is 0 Å². The van der Waals surface area contributed by atoms with Gasteiger partial charge in [-0.05, 0) is 6.92 Å². The van der Waals surface area contributed by atoms with Gasteiger partial charge in [-0.25, -0.2) is 9.59 Å². The number of rotatable bonds is 6. The van der Waals surface area contributed by atoms with Crippen LogP contribution in [0, 0.1) is 0 Å². The number of hydrogen-bond acceptors (Lipinski definition) is 7. The summed E-state index contributed by atoms with van der Waals surface area (Å²) in [5, 5.41) is 27.6. The van der Waals surface area contributed by atoms with E-state index in [0.29, 0.717) is 0 Å². The van der Waals surface area contributed by atoms with Gasteiger partial charge in [0, 0.05) is 11.6 Å². The SMILES string of the molecule is C=CC(=O)OC(O)C(O)C(O)OC(=O)C(=C)C. The van der Waals surface area contributed by atoms with Gasteiger partial charge >= 0.3 is 11.9 Å². The van der Waals surface area contributed by atoms with Crippen LogP contribution in [0.1, 0.15) is 6.92 Å². The molecule has 0 aromatic heterocycles. The first kappa shape index (κ1) is 15.3. The summed E-state index contributed by atoms with van der Waals surface area (Å²) in [6, 6.07) is 0. The highest BCUT2D eigenvalue weighted by Gasteiger charge is 2.30. The number of carbonyl (C=O) groups is 2. The minimum absolute atomic E-state index is 0.00572. The van der Waals surface area contributed by atoms with Gasteiger partial charge in [-0.15, -0.1) is 0 Å². The van der Waals surface area contributed by atoms with Crippen LogP contribution in [0.2, 0.25) is 0 Å². The smallest absolute Gasteiger partial charge is 0.335 e. The Hall–Kier alpha value is -1.70. The maximum Gasteiger partial charge on any atom is 0.335 e. The third kappa shape index (κ3) is 5.25. The number of carbonyl (C=O) groups excluding carboxylic acids is 2. The Morgan fingerprint density at radius 3 is 2.06 bits per heavy atom. The van der Waals surface area contributed by atoms with Gasteiger partial charge in [-0.3, -0.25) is 0 Å². The van der Waals surface area contributed by atoms with E-state index in [1.165, 1.54) is 6.92 Å². The van der Waals surface area contributed by atoms with Gasteiger partial charge in [0.25, 0.3) is 0 Å². The van der Waals surface area contributed by atoms with E-state index >= 15 is 0 Å². The molecule has 0 saturated carbocycles. The molecular formula is C10H14O7. The van der Waals surface area contributed by atoms with Gasteiger partial charge in [-0.2, -0.15) is 0 Å². The Balaban J connectivity index is 4.33. The van der Waals surface area contributed by atoms with Gasteiger partial charge in [0.05, 0.1) is 0 Å². The molecule has 96 valence electrons. The highest BCUT2D eigenvalue weighted by molar-refractivity contribution is 5.87. The Morgan fingerprint density at radius 2 is 1.65 bits per heavy atom. The molecule has 0 heterocycles. The summed E-state index contributed by atoms with van der Waals surface area (Å²) in [6.45, 7) is 7.64. The fraction of sp³-hybridized carbons (Fsp3) is 0.400. The number of aliphatic hydroxyl groups excluding tert-OH is 3. The maximum absolute atomic E-state index is 11.0. The number of esters is 2. The average Bonchev–Trinajstić information content (AvgIpc) is 2.27. The second kappa shape index (κ2) is 6.79. The molecular weight excluding hydrogens is 232 g/mol. The molecule has 0 radical (unpaired) electrons. The Morgan fingerprint density at radius 1 is 1.18 bits per heavy atom. The van der Waals surface area contributed by atoms with Gasteiger partial charge < -0.3 is 24.8 Å². The van der Waals surface area contributed by atoms with Gasteiger partial charge in [0.2, 0.25) is 12.6 Å². The zero-order valence-corrected chi connectivity index (χ0v) is 9.20. The van der Waals surface area contributed by atoms with E-state index in [1.807, 2.05) is 0 Å².